The molecule has 4 rings (SSSR count). The number of carbonyl (C=O) groups excluding carboxylic acids is 2. The van der Waals surface area contributed by atoms with Gasteiger partial charge in [-0.1, -0.05) is 18.2 Å². The smallest absolute Gasteiger partial charge is 0.317 e. The van der Waals surface area contributed by atoms with Crippen LogP contribution in [-0.4, -0.2) is 72.0 Å². The van der Waals surface area contributed by atoms with Crippen LogP contribution in [0.25, 0.3) is 0 Å². The number of aryl methyl sites for hydroxylation is 1. The SMILES string of the molecule is O=C(O)CN1CCN(C(=O)c2cc(=O)cc(C(=O)N3CCCc4ccccc43)o2)CC1. The fraction of sp³-hybridized carbons (Fsp3) is 0.364. The van der Waals surface area contributed by atoms with E-state index >= 15 is 0 Å². The van der Waals surface area contributed by atoms with Crippen LogP contribution in [0.2, 0.25) is 0 Å². The van der Waals surface area contributed by atoms with Crippen molar-refractivity contribution in [2.24, 2.45) is 0 Å². The number of carbonyl (C=O) groups is 3. The molecule has 0 radical (unpaired) electrons. The molecule has 31 heavy (non-hydrogen) atoms. The van der Waals surface area contributed by atoms with Crippen LogP contribution in [0.4, 0.5) is 5.69 Å². The van der Waals surface area contributed by atoms with E-state index in [2.05, 4.69) is 0 Å². The van der Waals surface area contributed by atoms with E-state index in [1.54, 1.807) is 9.80 Å². The van der Waals surface area contributed by atoms with E-state index in [0.717, 1.165) is 36.2 Å². The molecule has 0 bridgehead atoms. The third-order valence-electron chi connectivity index (χ3n) is 5.56. The number of hydrogen-bond donors (Lipinski definition) is 1. The van der Waals surface area contributed by atoms with Crippen LogP contribution in [0.15, 0.2) is 45.6 Å². The summed E-state index contributed by atoms with van der Waals surface area (Å²) in [5.41, 5.74) is 1.36. The highest BCUT2D eigenvalue weighted by Crippen LogP contribution is 2.28. The van der Waals surface area contributed by atoms with E-state index in [1.807, 2.05) is 24.3 Å². The predicted octanol–water partition coefficient (Wildman–Crippen LogP) is 1.08. The minimum atomic E-state index is -0.920. The first-order valence-corrected chi connectivity index (χ1v) is 10.2. The number of rotatable bonds is 4. The molecule has 0 aliphatic carbocycles. The second-order valence-corrected chi connectivity index (χ2v) is 7.67. The summed E-state index contributed by atoms with van der Waals surface area (Å²) in [7, 11) is 0. The summed E-state index contributed by atoms with van der Waals surface area (Å²) in [5.74, 6) is -2.22. The van der Waals surface area contributed by atoms with Gasteiger partial charge < -0.3 is 19.3 Å². The van der Waals surface area contributed by atoms with Gasteiger partial charge >= 0.3 is 5.97 Å². The molecule has 1 N–H and O–H groups in total. The van der Waals surface area contributed by atoms with Crippen molar-refractivity contribution in [2.45, 2.75) is 12.8 Å². The van der Waals surface area contributed by atoms with Crippen molar-refractivity contribution in [1.82, 2.24) is 9.80 Å². The Morgan fingerprint density at radius 1 is 0.935 bits per heavy atom. The standard InChI is InChI=1S/C22H23N3O6/c26-16-12-18(21(29)24-10-8-23(9-11-24)14-20(27)28)31-19(13-16)22(30)25-7-3-5-15-4-1-2-6-17(15)25/h1-2,4,6,12-13H,3,5,7-11,14H2,(H,27,28). The van der Waals surface area contributed by atoms with Gasteiger partial charge in [0, 0.05) is 50.5 Å². The fourth-order valence-corrected chi connectivity index (χ4v) is 4.02. The minimum Gasteiger partial charge on any atom is -0.480 e. The number of hydrogen-bond acceptors (Lipinski definition) is 6. The Kier molecular flexibility index (Phi) is 5.85. The van der Waals surface area contributed by atoms with Gasteiger partial charge in [-0.2, -0.15) is 0 Å². The number of carboxylic acid groups (broad SMARTS) is 1. The Morgan fingerprint density at radius 2 is 1.61 bits per heavy atom. The van der Waals surface area contributed by atoms with Crippen molar-refractivity contribution in [3.05, 3.63) is 63.7 Å². The van der Waals surface area contributed by atoms with E-state index in [1.165, 1.54) is 4.90 Å². The number of aliphatic carboxylic acids is 1. The molecule has 2 amide bonds. The predicted molar refractivity (Wildman–Crippen MR) is 111 cm³/mol. The van der Waals surface area contributed by atoms with Gasteiger partial charge in [0.1, 0.15) is 0 Å². The Morgan fingerprint density at radius 3 is 2.32 bits per heavy atom. The van der Waals surface area contributed by atoms with E-state index in [9.17, 15) is 19.2 Å². The van der Waals surface area contributed by atoms with Gasteiger partial charge in [0.05, 0.1) is 6.54 Å². The number of anilines is 1. The van der Waals surface area contributed by atoms with Crippen molar-refractivity contribution in [1.29, 1.82) is 0 Å². The first-order valence-electron chi connectivity index (χ1n) is 10.2. The maximum absolute atomic E-state index is 13.1. The number of nitrogens with zero attached hydrogens (tertiary/aromatic N) is 3. The molecule has 1 saturated heterocycles. The third-order valence-corrected chi connectivity index (χ3v) is 5.56. The van der Waals surface area contributed by atoms with Crippen molar-refractivity contribution < 1.29 is 23.9 Å². The van der Waals surface area contributed by atoms with Gasteiger partial charge in [-0.25, -0.2) is 0 Å². The van der Waals surface area contributed by atoms with Gasteiger partial charge in [-0.15, -0.1) is 0 Å². The number of benzene rings is 1. The second kappa shape index (κ2) is 8.73. The Balaban J connectivity index is 1.53. The molecule has 2 aliphatic heterocycles. The van der Waals surface area contributed by atoms with Crippen LogP contribution in [-0.2, 0) is 11.2 Å². The summed E-state index contributed by atoms with van der Waals surface area (Å²) in [6.45, 7) is 1.86. The molecule has 0 atom stereocenters. The van der Waals surface area contributed by atoms with E-state index in [0.29, 0.717) is 32.7 Å². The van der Waals surface area contributed by atoms with Crippen LogP contribution < -0.4 is 10.3 Å². The monoisotopic (exact) mass is 425 g/mol. The first kappa shape index (κ1) is 20.8. The number of amides is 2. The molecule has 2 aromatic rings. The van der Waals surface area contributed by atoms with Crippen LogP contribution >= 0.6 is 0 Å². The first-order chi connectivity index (χ1) is 14.9. The quantitative estimate of drug-likeness (QED) is 0.780. The lowest BCUT2D eigenvalue weighted by atomic mass is 10.0. The zero-order valence-corrected chi connectivity index (χ0v) is 17.0. The van der Waals surface area contributed by atoms with Gasteiger partial charge in [0.25, 0.3) is 11.8 Å². The van der Waals surface area contributed by atoms with Crippen molar-refractivity contribution in [3.63, 3.8) is 0 Å². The van der Waals surface area contributed by atoms with Gasteiger partial charge in [-0.3, -0.25) is 24.1 Å². The van der Waals surface area contributed by atoms with Gasteiger partial charge in [0.2, 0.25) is 0 Å². The molecule has 0 unspecified atom stereocenters. The van der Waals surface area contributed by atoms with Crippen LogP contribution in [0.3, 0.4) is 0 Å². The largest absolute Gasteiger partial charge is 0.480 e. The number of fused-ring (bicyclic) bond motifs is 1. The molecule has 3 heterocycles. The van der Waals surface area contributed by atoms with Gasteiger partial charge in [0.15, 0.2) is 16.9 Å². The van der Waals surface area contributed by atoms with E-state index in [-0.39, 0.29) is 18.1 Å². The Labute approximate surface area is 178 Å². The summed E-state index contributed by atoms with van der Waals surface area (Å²) in [6, 6.07) is 9.80. The summed E-state index contributed by atoms with van der Waals surface area (Å²) in [5, 5.41) is 8.89. The van der Waals surface area contributed by atoms with Crippen LogP contribution in [0.5, 0.6) is 0 Å². The molecule has 162 valence electrons. The molecule has 0 saturated carbocycles. The summed E-state index contributed by atoms with van der Waals surface area (Å²) < 4.78 is 5.60. The normalized spacial score (nSPS) is 16.6. The highest BCUT2D eigenvalue weighted by molar-refractivity contribution is 6.05. The number of carboxylic acids is 1. The van der Waals surface area contributed by atoms with Crippen LogP contribution in [0.1, 0.15) is 33.1 Å². The average Bonchev–Trinajstić information content (AvgIpc) is 2.77. The molecule has 9 heteroatoms. The van der Waals surface area contributed by atoms with E-state index in [4.69, 9.17) is 9.52 Å². The lowest BCUT2D eigenvalue weighted by molar-refractivity contribution is -0.138. The fourth-order valence-electron chi connectivity index (χ4n) is 4.02. The van der Waals surface area contributed by atoms with E-state index < -0.39 is 23.2 Å². The van der Waals surface area contributed by atoms with Crippen molar-refractivity contribution >= 4 is 23.5 Å². The summed E-state index contributed by atoms with van der Waals surface area (Å²) in [6.07, 6.45) is 1.67. The molecule has 2 aliphatic rings. The maximum atomic E-state index is 13.1. The maximum Gasteiger partial charge on any atom is 0.317 e. The highest BCUT2D eigenvalue weighted by Gasteiger charge is 2.28. The summed E-state index contributed by atoms with van der Waals surface area (Å²) in [4.78, 5) is 53.9. The topological polar surface area (TPSA) is 111 Å². The molecule has 0 spiro atoms. The van der Waals surface area contributed by atoms with Crippen molar-refractivity contribution in [3.8, 4) is 0 Å². The second-order valence-electron chi connectivity index (χ2n) is 7.67. The zero-order chi connectivity index (χ0) is 22.0. The molecule has 1 fully saturated rings. The lowest BCUT2D eigenvalue weighted by Gasteiger charge is -2.33. The Hall–Kier alpha value is -3.46. The number of piperazine rings is 1. The van der Waals surface area contributed by atoms with Crippen molar-refractivity contribution in [2.75, 3.05) is 44.2 Å². The molecule has 1 aromatic heterocycles. The number of para-hydroxylation sites is 1. The highest BCUT2D eigenvalue weighted by atomic mass is 16.4. The molecular weight excluding hydrogens is 402 g/mol. The molecular formula is C22H23N3O6. The minimum absolute atomic E-state index is 0.0849. The van der Waals surface area contributed by atoms with Crippen LogP contribution in [0, 0.1) is 0 Å². The molecule has 1 aromatic carbocycles. The third kappa shape index (κ3) is 4.51. The molecule has 9 nitrogen and oxygen atoms in total. The lowest BCUT2D eigenvalue weighted by Crippen LogP contribution is -2.50. The average molecular weight is 425 g/mol. The summed E-state index contributed by atoms with van der Waals surface area (Å²) >= 11 is 0. The Bertz CT molecular complexity index is 1070. The van der Waals surface area contributed by atoms with Gasteiger partial charge in [-0.05, 0) is 24.5 Å². The zero-order valence-electron chi connectivity index (χ0n) is 17.0.